The lowest BCUT2D eigenvalue weighted by molar-refractivity contribution is -0.0500. The van der Waals surface area contributed by atoms with Gasteiger partial charge in [0, 0.05) is 0 Å². The average Bonchev–Trinajstić information content (AvgIpc) is 2.42. The fraction of sp³-hybridized carbons (Fsp3) is 0.0714. The lowest BCUT2D eigenvalue weighted by atomic mass is 10.0. The van der Waals surface area contributed by atoms with Crippen LogP contribution in [-0.4, -0.2) is 12.9 Å². The monoisotopic (exact) mass is 316 g/mol. The van der Waals surface area contributed by atoms with Gasteiger partial charge in [0.15, 0.2) is 6.29 Å². The van der Waals surface area contributed by atoms with Gasteiger partial charge in [0.1, 0.15) is 5.75 Å². The number of carbonyl (C=O) groups excluding carboxylic acids is 1. The Labute approximate surface area is 123 Å². The van der Waals surface area contributed by atoms with Gasteiger partial charge in [0.2, 0.25) is 0 Å². The summed E-state index contributed by atoms with van der Waals surface area (Å²) in [5, 5.41) is 0.772. The smallest absolute Gasteiger partial charge is 0.387 e. The molecule has 0 atom stereocenters. The van der Waals surface area contributed by atoms with E-state index in [1.165, 1.54) is 12.1 Å². The standard InChI is InChI=1S/C14H8Cl2F2O2/c15-11-3-1-9(6-12(11)16)8-2-4-13(20-14(17)18)10(5-8)7-19/h1-7,14H. The van der Waals surface area contributed by atoms with Gasteiger partial charge in [-0.3, -0.25) is 4.79 Å². The summed E-state index contributed by atoms with van der Waals surface area (Å²) >= 11 is 11.7. The minimum Gasteiger partial charge on any atom is -0.434 e. The van der Waals surface area contributed by atoms with E-state index >= 15 is 0 Å². The Hall–Kier alpha value is -1.65. The molecule has 0 fully saturated rings. The van der Waals surface area contributed by atoms with Gasteiger partial charge in [-0.2, -0.15) is 8.78 Å². The molecule has 0 unspecified atom stereocenters. The maximum absolute atomic E-state index is 12.2. The van der Waals surface area contributed by atoms with Crippen LogP contribution >= 0.6 is 23.2 Å². The van der Waals surface area contributed by atoms with Crippen LogP contribution < -0.4 is 4.74 Å². The summed E-state index contributed by atoms with van der Waals surface area (Å²) in [5.74, 6) is -0.168. The van der Waals surface area contributed by atoms with Crippen molar-refractivity contribution in [2.24, 2.45) is 0 Å². The molecule has 2 aromatic rings. The second-order valence-electron chi connectivity index (χ2n) is 3.88. The van der Waals surface area contributed by atoms with Crippen molar-refractivity contribution in [2.75, 3.05) is 0 Å². The van der Waals surface area contributed by atoms with Crippen molar-refractivity contribution in [1.82, 2.24) is 0 Å². The molecule has 0 radical (unpaired) electrons. The van der Waals surface area contributed by atoms with Gasteiger partial charge in [-0.05, 0) is 35.4 Å². The third-order valence-corrected chi connectivity index (χ3v) is 3.34. The Morgan fingerprint density at radius 1 is 1.00 bits per heavy atom. The number of benzene rings is 2. The van der Waals surface area contributed by atoms with Crippen LogP contribution in [0.1, 0.15) is 10.4 Å². The number of alkyl halides is 2. The number of aldehydes is 1. The van der Waals surface area contributed by atoms with Gasteiger partial charge in [-0.1, -0.05) is 35.3 Å². The first-order valence-electron chi connectivity index (χ1n) is 5.50. The zero-order valence-electron chi connectivity index (χ0n) is 9.95. The van der Waals surface area contributed by atoms with Crippen molar-refractivity contribution in [1.29, 1.82) is 0 Å². The minimum atomic E-state index is -2.98. The number of ether oxygens (including phenoxy) is 1. The summed E-state index contributed by atoms with van der Waals surface area (Å²) in [5.41, 5.74) is 1.40. The molecular weight excluding hydrogens is 309 g/mol. The fourth-order valence-electron chi connectivity index (χ4n) is 1.70. The molecule has 0 aromatic heterocycles. The maximum atomic E-state index is 12.2. The molecule has 0 spiro atoms. The van der Waals surface area contributed by atoms with Gasteiger partial charge in [-0.25, -0.2) is 0 Å². The Morgan fingerprint density at radius 2 is 1.65 bits per heavy atom. The first kappa shape index (κ1) is 14.8. The average molecular weight is 317 g/mol. The topological polar surface area (TPSA) is 26.3 Å². The molecule has 2 aromatic carbocycles. The van der Waals surface area contributed by atoms with Crippen molar-refractivity contribution in [3.05, 3.63) is 52.0 Å². The first-order valence-corrected chi connectivity index (χ1v) is 6.26. The summed E-state index contributed by atoms with van der Waals surface area (Å²) in [4.78, 5) is 10.9. The Morgan fingerprint density at radius 3 is 2.25 bits per heavy atom. The Kier molecular flexibility index (Phi) is 4.57. The van der Waals surface area contributed by atoms with Gasteiger partial charge >= 0.3 is 6.61 Å². The molecule has 0 saturated carbocycles. The van der Waals surface area contributed by atoms with Crippen molar-refractivity contribution in [3.8, 4) is 16.9 Å². The number of halogens is 4. The lowest BCUT2D eigenvalue weighted by Gasteiger charge is -2.09. The molecule has 0 aliphatic carbocycles. The molecule has 2 nitrogen and oxygen atoms in total. The van der Waals surface area contributed by atoms with E-state index in [0.29, 0.717) is 27.5 Å². The van der Waals surface area contributed by atoms with E-state index in [-0.39, 0.29) is 11.3 Å². The van der Waals surface area contributed by atoms with Crippen LogP contribution in [0.2, 0.25) is 10.0 Å². The molecule has 0 bridgehead atoms. The zero-order valence-corrected chi connectivity index (χ0v) is 11.5. The van der Waals surface area contributed by atoms with E-state index in [1.54, 1.807) is 24.3 Å². The maximum Gasteiger partial charge on any atom is 0.387 e. The van der Waals surface area contributed by atoms with Crippen molar-refractivity contribution >= 4 is 29.5 Å². The van der Waals surface area contributed by atoms with Gasteiger partial charge < -0.3 is 4.74 Å². The van der Waals surface area contributed by atoms with E-state index in [1.807, 2.05) is 0 Å². The van der Waals surface area contributed by atoms with Crippen LogP contribution in [0, 0.1) is 0 Å². The highest BCUT2D eigenvalue weighted by molar-refractivity contribution is 6.42. The summed E-state index contributed by atoms with van der Waals surface area (Å²) in [7, 11) is 0. The van der Waals surface area contributed by atoms with Crippen LogP contribution in [-0.2, 0) is 0 Å². The third kappa shape index (κ3) is 3.26. The molecular formula is C14H8Cl2F2O2. The largest absolute Gasteiger partial charge is 0.434 e. The van der Waals surface area contributed by atoms with E-state index in [4.69, 9.17) is 23.2 Å². The SMILES string of the molecule is O=Cc1cc(-c2ccc(Cl)c(Cl)c2)ccc1OC(F)F. The highest BCUT2D eigenvalue weighted by atomic mass is 35.5. The van der Waals surface area contributed by atoms with Gasteiger partial charge in [0.05, 0.1) is 15.6 Å². The highest BCUT2D eigenvalue weighted by Gasteiger charge is 2.11. The van der Waals surface area contributed by atoms with Gasteiger partial charge in [0.25, 0.3) is 0 Å². The summed E-state index contributed by atoms with van der Waals surface area (Å²) in [6, 6.07) is 9.28. The predicted octanol–water partition coefficient (Wildman–Crippen LogP) is 5.07. The molecule has 2 rings (SSSR count). The summed E-state index contributed by atoms with van der Waals surface area (Å²) < 4.78 is 28.6. The Balaban J connectivity index is 2.42. The second kappa shape index (κ2) is 6.20. The van der Waals surface area contributed by atoms with E-state index in [9.17, 15) is 13.6 Å². The van der Waals surface area contributed by atoms with Gasteiger partial charge in [-0.15, -0.1) is 0 Å². The van der Waals surface area contributed by atoms with E-state index in [2.05, 4.69) is 4.74 Å². The molecule has 0 amide bonds. The molecule has 0 aliphatic rings. The van der Waals surface area contributed by atoms with Crippen LogP contribution in [0.4, 0.5) is 8.78 Å². The molecule has 20 heavy (non-hydrogen) atoms. The summed E-state index contributed by atoms with van der Waals surface area (Å²) in [6.07, 6.45) is 0.457. The Bertz CT molecular complexity index is 645. The lowest BCUT2D eigenvalue weighted by Crippen LogP contribution is -2.04. The first-order chi connectivity index (χ1) is 9.51. The highest BCUT2D eigenvalue weighted by Crippen LogP contribution is 2.31. The van der Waals surface area contributed by atoms with Crippen LogP contribution in [0.5, 0.6) is 5.75 Å². The van der Waals surface area contributed by atoms with Crippen molar-refractivity contribution in [2.45, 2.75) is 6.61 Å². The molecule has 6 heteroatoms. The van der Waals surface area contributed by atoms with Crippen LogP contribution in [0.25, 0.3) is 11.1 Å². The van der Waals surface area contributed by atoms with Crippen molar-refractivity contribution in [3.63, 3.8) is 0 Å². The number of rotatable bonds is 4. The van der Waals surface area contributed by atoms with E-state index in [0.717, 1.165) is 0 Å². The number of carbonyl (C=O) groups is 1. The second-order valence-corrected chi connectivity index (χ2v) is 4.69. The van der Waals surface area contributed by atoms with Crippen LogP contribution in [0.15, 0.2) is 36.4 Å². The summed E-state index contributed by atoms with van der Waals surface area (Å²) in [6.45, 7) is -2.98. The molecule has 0 heterocycles. The zero-order chi connectivity index (χ0) is 14.7. The normalized spacial score (nSPS) is 10.7. The van der Waals surface area contributed by atoms with Crippen molar-refractivity contribution < 1.29 is 18.3 Å². The third-order valence-electron chi connectivity index (χ3n) is 2.61. The number of hydrogen-bond donors (Lipinski definition) is 0. The quantitative estimate of drug-likeness (QED) is 0.736. The molecule has 0 aliphatic heterocycles. The van der Waals surface area contributed by atoms with E-state index < -0.39 is 6.61 Å². The predicted molar refractivity (Wildman–Crippen MR) is 73.9 cm³/mol. The molecule has 104 valence electrons. The molecule has 0 N–H and O–H groups in total. The minimum absolute atomic E-state index is 0.0360. The van der Waals surface area contributed by atoms with Crippen LogP contribution in [0.3, 0.4) is 0 Å². The number of hydrogen-bond acceptors (Lipinski definition) is 2. The molecule has 0 saturated heterocycles. The fourth-order valence-corrected chi connectivity index (χ4v) is 2.00.